The molecule has 0 saturated heterocycles. The second-order valence-electron chi connectivity index (χ2n) is 2.53. The van der Waals surface area contributed by atoms with Crippen molar-refractivity contribution in [1.29, 1.82) is 0 Å². The van der Waals surface area contributed by atoms with E-state index in [-0.39, 0.29) is 17.2 Å². The average Bonchev–Trinajstić information content (AvgIpc) is 2.01. The molecule has 7 heteroatoms. The van der Waals surface area contributed by atoms with Crippen molar-refractivity contribution in [1.82, 2.24) is 0 Å². The van der Waals surface area contributed by atoms with E-state index in [1.165, 1.54) is 25.3 Å². The molecule has 0 aromatic heterocycles. The maximum atomic E-state index is 10.6. The number of phenolic OH excluding ortho intramolecular Hbond substituents is 1. The highest BCUT2D eigenvalue weighted by atomic mass is 32.2. The van der Waals surface area contributed by atoms with Crippen molar-refractivity contribution in [3.05, 3.63) is 18.2 Å². The molecule has 0 aliphatic heterocycles. The van der Waals surface area contributed by atoms with Gasteiger partial charge in [-0.1, -0.05) is 0 Å². The number of hydrogen-bond donors (Lipinski definition) is 3. The maximum Gasteiger partial charge on any atom is 0.296 e. The van der Waals surface area contributed by atoms with Crippen molar-refractivity contribution >= 4 is 15.9 Å². The van der Waals surface area contributed by atoms with Gasteiger partial charge in [0.25, 0.3) is 10.2 Å². The van der Waals surface area contributed by atoms with Crippen LogP contribution in [0.4, 0.5) is 5.69 Å². The molecule has 14 heavy (non-hydrogen) atoms. The van der Waals surface area contributed by atoms with Crippen LogP contribution in [0.1, 0.15) is 0 Å². The molecule has 4 N–H and O–H groups in total. The van der Waals surface area contributed by atoms with Gasteiger partial charge in [0.1, 0.15) is 0 Å². The monoisotopic (exact) mass is 218 g/mol. The minimum absolute atomic E-state index is 0.166. The minimum atomic E-state index is -3.82. The normalized spacial score (nSPS) is 11.0. The largest absolute Gasteiger partial charge is 0.504 e. The first kappa shape index (κ1) is 10.6. The van der Waals surface area contributed by atoms with Gasteiger partial charge in [0.2, 0.25) is 0 Å². The fourth-order valence-corrected chi connectivity index (χ4v) is 1.37. The standard InChI is InChI=1S/C7H10N2O4S/c1-13-7-3-2-5(4-6(7)10)9-14(8,11)12/h2-4,9-10H,1H3,(H2,8,11,12). The van der Waals surface area contributed by atoms with E-state index in [1.807, 2.05) is 4.72 Å². The zero-order valence-electron chi connectivity index (χ0n) is 7.39. The summed E-state index contributed by atoms with van der Waals surface area (Å²) in [5, 5.41) is 14.0. The molecule has 0 aliphatic carbocycles. The number of nitrogens with one attached hydrogen (secondary N) is 1. The Morgan fingerprint density at radius 2 is 2.14 bits per heavy atom. The van der Waals surface area contributed by atoms with Crippen molar-refractivity contribution in [3.8, 4) is 11.5 Å². The van der Waals surface area contributed by atoms with E-state index in [0.29, 0.717) is 0 Å². The second kappa shape index (κ2) is 3.72. The Labute approximate surface area is 81.5 Å². The van der Waals surface area contributed by atoms with Gasteiger partial charge < -0.3 is 9.84 Å². The van der Waals surface area contributed by atoms with Crippen LogP contribution >= 0.6 is 0 Å². The molecule has 0 atom stereocenters. The second-order valence-corrected chi connectivity index (χ2v) is 3.83. The van der Waals surface area contributed by atoms with Crippen LogP contribution in [-0.2, 0) is 10.2 Å². The fraction of sp³-hybridized carbons (Fsp3) is 0.143. The van der Waals surface area contributed by atoms with E-state index in [9.17, 15) is 13.5 Å². The van der Waals surface area contributed by atoms with Gasteiger partial charge in [-0.2, -0.15) is 8.42 Å². The number of hydrogen-bond acceptors (Lipinski definition) is 4. The number of nitrogens with two attached hydrogens (primary N) is 1. The molecule has 0 fully saturated rings. The van der Waals surface area contributed by atoms with Gasteiger partial charge in [-0.3, -0.25) is 4.72 Å². The first-order valence-corrected chi connectivity index (χ1v) is 5.14. The van der Waals surface area contributed by atoms with Crippen LogP contribution < -0.4 is 14.6 Å². The third-order valence-corrected chi connectivity index (χ3v) is 1.96. The molecule has 0 unspecified atom stereocenters. The highest BCUT2D eigenvalue weighted by Crippen LogP contribution is 2.28. The molecule has 0 amide bonds. The topological polar surface area (TPSA) is 102 Å². The van der Waals surface area contributed by atoms with E-state index >= 15 is 0 Å². The van der Waals surface area contributed by atoms with Crippen LogP contribution in [0.15, 0.2) is 18.2 Å². The number of methoxy groups -OCH3 is 1. The molecule has 1 rings (SSSR count). The molecule has 0 saturated carbocycles. The molecule has 1 aromatic carbocycles. The SMILES string of the molecule is COc1ccc(NS(N)(=O)=O)cc1O. The Kier molecular flexibility index (Phi) is 2.82. The molecule has 6 nitrogen and oxygen atoms in total. The first-order valence-electron chi connectivity index (χ1n) is 3.60. The predicted molar refractivity (Wildman–Crippen MR) is 51.4 cm³/mol. The van der Waals surface area contributed by atoms with Crippen molar-refractivity contribution in [2.45, 2.75) is 0 Å². The molecule has 0 aliphatic rings. The highest BCUT2D eigenvalue weighted by molar-refractivity contribution is 7.90. The third kappa shape index (κ3) is 2.79. The summed E-state index contributed by atoms with van der Waals surface area (Å²) in [6.07, 6.45) is 0. The Balaban J connectivity index is 2.98. The van der Waals surface area contributed by atoms with Gasteiger partial charge in [0, 0.05) is 6.07 Å². The lowest BCUT2D eigenvalue weighted by molar-refractivity contribution is 0.373. The molecule has 1 aromatic rings. The van der Waals surface area contributed by atoms with Gasteiger partial charge in [0.15, 0.2) is 11.5 Å². The smallest absolute Gasteiger partial charge is 0.296 e. The van der Waals surface area contributed by atoms with E-state index < -0.39 is 10.2 Å². The summed E-state index contributed by atoms with van der Waals surface area (Å²) in [6.45, 7) is 0. The number of ether oxygens (including phenoxy) is 1. The Morgan fingerprint density at radius 3 is 2.57 bits per heavy atom. The van der Waals surface area contributed by atoms with Crippen LogP contribution in [0.5, 0.6) is 11.5 Å². The predicted octanol–water partition coefficient (Wildman–Crippen LogP) is 0.0162. The van der Waals surface area contributed by atoms with Crippen molar-refractivity contribution in [2.75, 3.05) is 11.8 Å². The lowest BCUT2D eigenvalue weighted by Gasteiger charge is -2.06. The molecule has 0 heterocycles. The van der Waals surface area contributed by atoms with Crippen molar-refractivity contribution in [3.63, 3.8) is 0 Å². The number of benzene rings is 1. The van der Waals surface area contributed by atoms with E-state index in [4.69, 9.17) is 9.88 Å². The minimum Gasteiger partial charge on any atom is -0.504 e. The van der Waals surface area contributed by atoms with Crippen LogP contribution in [0.3, 0.4) is 0 Å². The number of rotatable bonds is 3. The molecule has 0 radical (unpaired) electrons. The summed E-state index contributed by atoms with van der Waals surface area (Å²) in [5.41, 5.74) is 0.172. The summed E-state index contributed by atoms with van der Waals surface area (Å²) in [6, 6.07) is 4.04. The van der Waals surface area contributed by atoms with Gasteiger partial charge >= 0.3 is 0 Å². The van der Waals surface area contributed by atoms with E-state index in [2.05, 4.69) is 0 Å². The first-order chi connectivity index (χ1) is 6.42. The molecular weight excluding hydrogens is 208 g/mol. The summed E-state index contributed by atoms with van der Waals surface area (Å²) in [7, 11) is -2.42. The zero-order chi connectivity index (χ0) is 10.8. The number of aromatic hydroxyl groups is 1. The summed E-state index contributed by atoms with van der Waals surface area (Å²) >= 11 is 0. The average molecular weight is 218 g/mol. The lowest BCUT2D eigenvalue weighted by atomic mass is 10.3. The Morgan fingerprint density at radius 1 is 1.50 bits per heavy atom. The van der Waals surface area contributed by atoms with Crippen molar-refractivity contribution < 1.29 is 18.3 Å². The van der Waals surface area contributed by atoms with Crippen LogP contribution in [-0.4, -0.2) is 20.6 Å². The van der Waals surface area contributed by atoms with E-state index in [0.717, 1.165) is 0 Å². The maximum absolute atomic E-state index is 10.6. The van der Waals surface area contributed by atoms with Gasteiger partial charge in [-0.25, -0.2) is 5.14 Å². The molecule has 0 spiro atoms. The Hall–Kier alpha value is -1.47. The number of phenols is 1. The number of anilines is 1. The van der Waals surface area contributed by atoms with Crippen molar-refractivity contribution in [2.24, 2.45) is 5.14 Å². The molecule has 0 bridgehead atoms. The van der Waals surface area contributed by atoms with Crippen LogP contribution in [0.25, 0.3) is 0 Å². The van der Waals surface area contributed by atoms with E-state index in [1.54, 1.807) is 0 Å². The lowest BCUT2D eigenvalue weighted by Crippen LogP contribution is -2.21. The molecule has 78 valence electrons. The summed E-state index contributed by atoms with van der Waals surface area (Å²) in [4.78, 5) is 0. The molecular formula is C7H10N2O4S. The highest BCUT2D eigenvalue weighted by Gasteiger charge is 2.05. The van der Waals surface area contributed by atoms with Gasteiger partial charge in [-0.15, -0.1) is 0 Å². The quantitative estimate of drug-likeness (QED) is 0.665. The van der Waals surface area contributed by atoms with Crippen LogP contribution in [0, 0.1) is 0 Å². The Bertz CT molecular complexity index is 429. The zero-order valence-corrected chi connectivity index (χ0v) is 8.21. The third-order valence-electron chi connectivity index (χ3n) is 1.44. The summed E-state index contributed by atoms with van der Waals surface area (Å²) in [5.74, 6) is 0.0890. The van der Waals surface area contributed by atoms with Gasteiger partial charge in [-0.05, 0) is 12.1 Å². The fourth-order valence-electron chi connectivity index (χ4n) is 0.918. The van der Waals surface area contributed by atoms with Gasteiger partial charge in [0.05, 0.1) is 12.8 Å². The van der Waals surface area contributed by atoms with Crippen LogP contribution in [0.2, 0.25) is 0 Å². The summed E-state index contributed by atoms with van der Waals surface area (Å²) < 4.78 is 28.0.